The van der Waals surface area contributed by atoms with Crippen LogP contribution in [0.1, 0.15) is 0 Å². The summed E-state index contributed by atoms with van der Waals surface area (Å²) in [7, 11) is 0. The highest BCUT2D eigenvalue weighted by Gasteiger charge is 1.60. The van der Waals surface area contributed by atoms with Gasteiger partial charge in [0.2, 0.25) is 0 Å². The number of nitrogens with zero attached hydrogens (tertiary/aromatic N) is 1. The Balaban J connectivity index is 0. The normalized spacial score (nSPS) is 6.40. The van der Waals surface area contributed by atoms with E-state index in [2.05, 4.69) is 33.4 Å². The van der Waals surface area contributed by atoms with Gasteiger partial charge in [0.15, 0.2) is 5.11 Å². The second-order valence-corrected chi connectivity index (χ2v) is 1.56. The van der Waals surface area contributed by atoms with Crippen LogP contribution in [-0.2, 0) is 0 Å². The third-order valence-corrected chi connectivity index (χ3v) is 0.347. The highest BCUT2D eigenvalue weighted by Crippen LogP contribution is 1.72. The van der Waals surface area contributed by atoms with Gasteiger partial charge in [-0.2, -0.15) is 0 Å². The fraction of sp³-hybridized carbons (Fsp3) is 0. The first-order valence-electron chi connectivity index (χ1n) is 2.12. The van der Waals surface area contributed by atoms with Crippen LogP contribution in [0.2, 0.25) is 0 Å². The first kappa shape index (κ1) is 11.9. The van der Waals surface area contributed by atoms with Crippen molar-refractivity contribution in [2.45, 2.75) is 0 Å². The molecule has 4 nitrogen and oxygen atoms in total. The molecule has 1 aromatic heterocycles. The van der Waals surface area contributed by atoms with E-state index in [-0.39, 0.29) is 17.5 Å². The second-order valence-electron chi connectivity index (χ2n) is 1.09. The molecular formula is C4H8ClN3OS. The molecule has 0 radical (unpaired) electrons. The van der Waals surface area contributed by atoms with Crippen LogP contribution in [0.3, 0.4) is 0 Å². The maximum atomic E-state index is 4.62. The first-order valence-corrected chi connectivity index (χ1v) is 2.53. The minimum absolute atomic E-state index is 0. The Hall–Kier alpha value is -0.810. The van der Waals surface area contributed by atoms with E-state index in [1.165, 1.54) is 6.26 Å². The van der Waals surface area contributed by atoms with E-state index in [0.29, 0.717) is 0 Å². The van der Waals surface area contributed by atoms with E-state index in [0.717, 1.165) is 0 Å². The molecule has 0 aliphatic carbocycles. The van der Waals surface area contributed by atoms with Crippen LogP contribution in [0.25, 0.3) is 0 Å². The molecule has 0 saturated carbocycles. The second kappa shape index (κ2) is 8.19. The molecule has 0 aliphatic rings. The number of hydrogen-bond donors (Lipinski definition) is 2. The van der Waals surface area contributed by atoms with Crippen LogP contribution in [0.5, 0.6) is 0 Å². The minimum atomic E-state index is 0. The number of thiocarbonyl (C=S) groups is 1. The summed E-state index contributed by atoms with van der Waals surface area (Å²) in [6.07, 6.45) is 3.10. The smallest absolute Gasteiger partial charge is 0.160 e. The average Bonchev–Trinajstić information content (AvgIpc) is 2.11. The van der Waals surface area contributed by atoms with Crippen molar-refractivity contribution in [3.05, 3.63) is 18.5 Å². The highest BCUT2D eigenvalue weighted by atomic mass is 35.5. The van der Waals surface area contributed by atoms with Crippen LogP contribution >= 0.6 is 24.6 Å². The lowest BCUT2D eigenvalue weighted by Crippen LogP contribution is -2.18. The Labute approximate surface area is 70.0 Å². The summed E-state index contributed by atoms with van der Waals surface area (Å²) in [5, 5.41) is 3.35. The third-order valence-electron chi connectivity index (χ3n) is 0.347. The number of hydrogen-bond acceptors (Lipinski definition) is 3. The molecule has 0 fully saturated rings. The van der Waals surface area contributed by atoms with Crippen molar-refractivity contribution >= 4 is 29.7 Å². The molecule has 0 bridgehead atoms. The van der Waals surface area contributed by atoms with Gasteiger partial charge in [-0.15, -0.1) is 12.4 Å². The standard InChI is InChI=1S/C3H3NO.CH4N2S.ClH/c1-2-4-5-3-1;2-1(3)4;/h1-3H;(H4,2,3,4);1H. The molecule has 0 aliphatic heterocycles. The van der Waals surface area contributed by atoms with E-state index in [9.17, 15) is 0 Å². The predicted octanol–water partition coefficient (Wildman–Crippen LogP) is 0.285. The molecule has 0 atom stereocenters. The van der Waals surface area contributed by atoms with Gasteiger partial charge in [-0.25, -0.2) is 0 Å². The maximum absolute atomic E-state index is 4.62. The van der Waals surface area contributed by atoms with Gasteiger partial charge in [-0.05, 0) is 18.3 Å². The Morgan fingerprint density at radius 3 is 2.10 bits per heavy atom. The first-order chi connectivity index (χ1) is 4.23. The zero-order chi connectivity index (χ0) is 7.11. The van der Waals surface area contributed by atoms with Crippen molar-refractivity contribution in [2.75, 3.05) is 0 Å². The van der Waals surface area contributed by atoms with Crippen LogP contribution in [-0.4, -0.2) is 10.3 Å². The maximum Gasteiger partial charge on any atom is 0.160 e. The Morgan fingerprint density at radius 1 is 1.50 bits per heavy atom. The van der Waals surface area contributed by atoms with Gasteiger partial charge in [0.25, 0.3) is 0 Å². The molecule has 1 aromatic rings. The molecular weight excluding hydrogens is 174 g/mol. The summed E-state index contributed by atoms with van der Waals surface area (Å²) in [6, 6.07) is 1.72. The molecule has 0 saturated heterocycles. The van der Waals surface area contributed by atoms with Crippen LogP contribution < -0.4 is 11.5 Å². The summed E-state index contributed by atoms with van der Waals surface area (Å²) >= 11 is 4.09. The quantitative estimate of drug-likeness (QED) is 0.563. The van der Waals surface area contributed by atoms with Crippen molar-refractivity contribution < 1.29 is 4.52 Å². The van der Waals surface area contributed by atoms with E-state index in [4.69, 9.17) is 0 Å². The van der Waals surface area contributed by atoms with Gasteiger partial charge in [-0.1, -0.05) is 5.16 Å². The summed E-state index contributed by atoms with van der Waals surface area (Å²) in [5.74, 6) is 0. The zero-order valence-corrected chi connectivity index (χ0v) is 6.69. The van der Waals surface area contributed by atoms with Crippen molar-refractivity contribution in [3.63, 3.8) is 0 Å². The van der Waals surface area contributed by atoms with E-state index >= 15 is 0 Å². The third kappa shape index (κ3) is 15.7. The average molecular weight is 182 g/mol. The van der Waals surface area contributed by atoms with E-state index < -0.39 is 0 Å². The number of aromatic nitrogens is 1. The van der Waals surface area contributed by atoms with Crippen molar-refractivity contribution in [1.82, 2.24) is 5.16 Å². The molecule has 0 aromatic carbocycles. The summed E-state index contributed by atoms with van der Waals surface area (Å²) in [6.45, 7) is 0. The van der Waals surface area contributed by atoms with E-state index in [1.807, 2.05) is 0 Å². The minimum Gasteiger partial charge on any atom is -0.377 e. The fourth-order valence-corrected chi connectivity index (χ4v) is 0.176. The van der Waals surface area contributed by atoms with Crippen LogP contribution in [0.15, 0.2) is 23.0 Å². The molecule has 0 unspecified atom stereocenters. The van der Waals surface area contributed by atoms with Crippen molar-refractivity contribution in [1.29, 1.82) is 0 Å². The molecule has 6 heteroatoms. The van der Waals surface area contributed by atoms with Gasteiger partial charge >= 0.3 is 0 Å². The number of nitrogens with two attached hydrogens (primary N) is 2. The SMILES string of the molecule is Cl.NC(N)=S.c1cnoc1. The fourth-order valence-electron chi connectivity index (χ4n) is 0.176. The highest BCUT2D eigenvalue weighted by molar-refractivity contribution is 7.80. The van der Waals surface area contributed by atoms with Crippen molar-refractivity contribution in [3.8, 4) is 0 Å². The Bertz CT molecular complexity index is 134. The molecule has 0 spiro atoms. The van der Waals surface area contributed by atoms with Gasteiger partial charge in [0, 0.05) is 0 Å². The van der Waals surface area contributed by atoms with Crippen molar-refractivity contribution in [2.24, 2.45) is 11.5 Å². The zero-order valence-electron chi connectivity index (χ0n) is 5.06. The topological polar surface area (TPSA) is 78.1 Å². The molecule has 1 rings (SSSR count). The molecule has 58 valence electrons. The number of halogens is 1. The Morgan fingerprint density at radius 2 is 2.00 bits per heavy atom. The molecule has 0 amide bonds. The predicted molar refractivity (Wildman–Crippen MR) is 44.7 cm³/mol. The Kier molecular flexibility index (Phi) is 9.77. The lowest BCUT2D eigenvalue weighted by atomic mass is 10.8. The molecule has 10 heavy (non-hydrogen) atoms. The lowest BCUT2D eigenvalue weighted by Gasteiger charge is -1.68. The monoisotopic (exact) mass is 181 g/mol. The van der Waals surface area contributed by atoms with Gasteiger partial charge in [0.1, 0.15) is 6.26 Å². The molecule has 4 N–H and O–H groups in total. The van der Waals surface area contributed by atoms with Gasteiger partial charge in [0.05, 0.1) is 6.20 Å². The van der Waals surface area contributed by atoms with Crippen LogP contribution in [0.4, 0.5) is 0 Å². The number of rotatable bonds is 0. The van der Waals surface area contributed by atoms with E-state index in [1.54, 1.807) is 12.3 Å². The summed E-state index contributed by atoms with van der Waals surface area (Å²) in [5.41, 5.74) is 9.24. The summed E-state index contributed by atoms with van der Waals surface area (Å²) < 4.78 is 4.33. The molecule has 1 heterocycles. The van der Waals surface area contributed by atoms with Crippen LogP contribution in [0, 0.1) is 0 Å². The van der Waals surface area contributed by atoms with Gasteiger partial charge in [-0.3, -0.25) is 0 Å². The lowest BCUT2D eigenvalue weighted by molar-refractivity contribution is 0.420. The van der Waals surface area contributed by atoms with Gasteiger partial charge < -0.3 is 16.0 Å². The largest absolute Gasteiger partial charge is 0.377 e. The summed E-state index contributed by atoms with van der Waals surface area (Å²) in [4.78, 5) is 0.